The van der Waals surface area contributed by atoms with Gasteiger partial charge in [0.15, 0.2) is 5.78 Å². The monoisotopic (exact) mass is 247 g/mol. The third-order valence-electron chi connectivity index (χ3n) is 3.31. The van der Waals surface area contributed by atoms with Crippen molar-refractivity contribution in [3.8, 4) is 0 Å². The molecule has 0 aromatic carbocycles. The van der Waals surface area contributed by atoms with Crippen molar-refractivity contribution in [3.63, 3.8) is 0 Å². The van der Waals surface area contributed by atoms with E-state index in [0.717, 1.165) is 25.8 Å². The quantitative estimate of drug-likeness (QED) is 0.784. The van der Waals surface area contributed by atoms with Crippen molar-refractivity contribution in [1.82, 2.24) is 5.32 Å². The minimum Gasteiger partial charge on any atom is -0.305 e. The fourth-order valence-corrected chi connectivity index (χ4v) is 2.75. The highest BCUT2D eigenvalue weighted by molar-refractivity contribution is 7.91. The van der Waals surface area contributed by atoms with Gasteiger partial charge in [-0.25, -0.2) is 8.42 Å². The van der Waals surface area contributed by atoms with Gasteiger partial charge in [0, 0.05) is 12.2 Å². The summed E-state index contributed by atoms with van der Waals surface area (Å²) in [6, 6.07) is 0. The second-order valence-corrected chi connectivity index (χ2v) is 7.10. The average molecular weight is 247 g/mol. The van der Waals surface area contributed by atoms with Crippen LogP contribution in [-0.4, -0.2) is 37.8 Å². The molecule has 0 aromatic heterocycles. The number of ketones is 1. The lowest BCUT2D eigenvalue weighted by Crippen LogP contribution is -2.52. The summed E-state index contributed by atoms with van der Waals surface area (Å²) in [5.41, 5.74) is -0.499. The maximum Gasteiger partial charge on any atom is 0.153 e. The molecule has 1 heterocycles. The predicted octanol–water partition coefficient (Wildman–Crippen LogP) is 0.912. The molecule has 5 heteroatoms. The third kappa shape index (κ3) is 3.56. The smallest absolute Gasteiger partial charge is 0.153 e. The predicted molar refractivity (Wildman–Crippen MR) is 64.2 cm³/mol. The number of carbonyl (C=O) groups is 1. The molecule has 1 rings (SSSR count). The van der Waals surface area contributed by atoms with Crippen LogP contribution in [0.5, 0.6) is 0 Å². The van der Waals surface area contributed by atoms with Crippen LogP contribution in [0.2, 0.25) is 0 Å². The lowest BCUT2D eigenvalue weighted by atomic mass is 9.86. The lowest BCUT2D eigenvalue weighted by Gasteiger charge is -2.33. The molecular weight excluding hydrogens is 226 g/mol. The van der Waals surface area contributed by atoms with Gasteiger partial charge in [-0.2, -0.15) is 0 Å². The van der Waals surface area contributed by atoms with E-state index in [9.17, 15) is 13.2 Å². The summed E-state index contributed by atoms with van der Waals surface area (Å²) in [4.78, 5) is 12.0. The number of carbonyl (C=O) groups excluding carboxylic acids is 1. The SMILES string of the molecule is CCS(=O)(=O)CCC(=O)C1(C)CCCCN1. The van der Waals surface area contributed by atoms with Crippen LogP contribution in [0.4, 0.5) is 0 Å². The molecule has 1 fully saturated rings. The van der Waals surface area contributed by atoms with Crippen molar-refractivity contribution in [3.05, 3.63) is 0 Å². The minimum absolute atomic E-state index is 0.0143. The number of Topliss-reactive ketones (excluding diaryl/α,β-unsaturated/α-hetero) is 1. The van der Waals surface area contributed by atoms with Gasteiger partial charge < -0.3 is 5.32 Å². The molecular formula is C11H21NO3S. The normalized spacial score (nSPS) is 26.6. The van der Waals surface area contributed by atoms with E-state index in [1.165, 1.54) is 0 Å². The zero-order valence-electron chi connectivity index (χ0n) is 10.1. The first-order chi connectivity index (χ1) is 7.40. The Morgan fingerprint density at radius 2 is 2.06 bits per heavy atom. The van der Waals surface area contributed by atoms with E-state index in [-0.39, 0.29) is 23.7 Å². The van der Waals surface area contributed by atoms with Gasteiger partial charge >= 0.3 is 0 Å². The molecule has 1 saturated heterocycles. The van der Waals surface area contributed by atoms with Gasteiger partial charge in [-0.15, -0.1) is 0 Å². The Bertz CT molecular complexity index is 342. The molecule has 0 aromatic rings. The number of sulfone groups is 1. The Kier molecular flexibility index (Phi) is 4.50. The van der Waals surface area contributed by atoms with Gasteiger partial charge in [0.05, 0.1) is 11.3 Å². The molecule has 94 valence electrons. The van der Waals surface area contributed by atoms with E-state index in [1.54, 1.807) is 6.92 Å². The first-order valence-electron chi connectivity index (χ1n) is 5.88. The van der Waals surface area contributed by atoms with Crippen LogP contribution in [0.3, 0.4) is 0 Å². The zero-order valence-corrected chi connectivity index (χ0v) is 10.9. The van der Waals surface area contributed by atoms with Crippen LogP contribution < -0.4 is 5.32 Å². The molecule has 1 unspecified atom stereocenters. The molecule has 1 aliphatic rings. The summed E-state index contributed by atoms with van der Waals surface area (Å²) >= 11 is 0. The Balaban J connectivity index is 2.52. The van der Waals surface area contributed by atoms with Crippen molar-refractivity contribution in [2.45, 2.75) is 45.1 Å². The topological polar surface area (TPSA) is 63.2 Å². The molecule has 16 heavy (non-hydrogen) atoms. The van der Waals surface area contributed by atoms with E-state index in [4.69, 9.17) is 0 Å². The summed E-state index contributed by atoms with van der Waals surface area (Å²) in [7, 11) is -3.03. The molecule has 1 aliphatic heterocycles. The standard InChI is InChI=1S/C11H21NO3S/c1-3-16(14,15)9-6-10(13)11(2)7-4-5-8-12-11/h12H,3-9H2,1-2H3. The highest BCUT2D eigenvalue weighted by Gasteiger charge is 2.33. The number of nitrogens with one attached hydrogen (secondary N) is 1. The summed E-state index contributed by atoms with van der Waals surface area (Å²) in [6.45, 7) is 4.34. The molecule has 0 amide bonds. The van der Waals surface area contributed by atoms with E-state index in [0.29, 0.717) is 0 Å². The van der Waals surface area contributed by atoms with Crippen molar-refractivity contribution in [2.24, 2.45) is 0 Å². The van der Waals surface area contributed by atoms with Crippen LogP contribution in [0.15, 0.2) is 0 Å². The van der Waals surface area contributed by atoms with E-state index in [2.05, 4.69) is 5.32 Å². The maximum atomic E-state index is 12.0. The van der Waals surface area contributed by atoms with Crippen LogP contribution in [0, 0.1) is 0 Å². The molecule has 0 radical (unpaired) electrons. The number of hydrogen-bond donors (Lipinski definition) is 1. The summed E-state index contributed by atoms with van der Waals surface area (Å²) in [6.07, 6.45) is 3.09. The van der Waals surface area contributed by atoms with Crippen LogP contribution in [0.25, 0.3) is 0 Å². The first-order valence-corrected chi connectivity index (χ1v) is 7.70. The van der Waals surface area contributed by atoms with Crippen molar-refractivity contribution < 1.29 is 13.2 Å². The van der Waals surface area contributed by atoms with Crippen LogP contribution in [-0.2, 0) is 14.6 Å². The fraction of sp³-hybridized carbons (Fsp3) is 0.909. The van der Waals surface area contributed by atoms with Gasteiger partial charge in [-0.05, 0) is 32.7 Å². The average Bonchev–Trinajstić information content (AvgIpc) is 2.27. The molecule has 1 atom stereocenters. The molecule has 1 N–H and O–H groups in total. The summed E-state index contributed by atoms with van der Waals surface area (Å²) in [5, 5.41) is 3.21. The maximum absolute atomic E-state index is 12.0. The van der Waals surface area contributed by atoms with Crippen LogP contribution in [0.1, 0.15) is 39.5 Å². The molecule has 0 aliphatic carbocycles. The zero-order chi connectivity index (χ0) is 12.2. The first kappa shape index (κ1) is 13.6. The Morgan fingerprint density at radius 1 is 1.38 bits per heavy atom. The van der Waals surface area contributed by atoms with Crippen molar-refractivity contribution in [2.75, 3.05) is 18.1 Å². The summed E-state index contributed by atoms with van der Waals surface area (Å²) in [5.74, 6) is 0.133. The van der Waals surface area contributed by atoms with Gasteiger partial charge in [0.25, 0.3) is 0 Å². The lowest BCUT2D eigenvalue weighted by molar-refractivity contribution is -0.125. The summed E-state index contributed by atoms with van der Waals surface area (Å²) < 4.78 is 22.6. The Morgan fingerprint density at radius 3 is 2.56 bits per heavy atom. The molecule has 0 spiro atoms. The van der Waals surface area contributed by atoms with Crippen molar-refractivity contribution in [1.29, 1.82) is 0 Å². The van der Waals surface area contributed by atoms with Gasteiger partial charge in [0.2, 0.25) is 0 Å². The number of rotatable bonds is 5. The second-order valence-electron chi connectivity index (χ2n) is 4.63. The fourth-order valence-electron chi connectivity index (χ4n) is 1.96. The van der Waals surface area contributed by atoms with Gasteiger partial charge in [0.1, 0.15) is 9.84 Å². The number of piperidine rings is 1. The van der Waals surface area contributed by atoms with Gasteiger partial charge in [-0.3, -0.25) is 4.79 Å². The Labute approximate surface area is 97.7 Å². The second kappa shape index (κ2) is 5.27. The number of hydrogen-bond acceptors (Lipinski definition) is 4. The Hall–Kier alpha value is -0.420. The minimum atomic E-state index is -3.03. The van der Waals surface area contributed by atoms with E-state index >= 15 is 0 Å². The highest BCUT2D eigenvalue weighted by Crippen LogP contribution is 2.21. The van der Waals surface area contributed by atoms with E-state index in [1.807, 2.05) is 6.92 Å². The van der Waals surface area contributed by atoms with Crippen molar-refractivity contribution >= 4 is 15.6 Å². The van der Waals surface area contributed by atoms with Crippen LogP contribution >= 0.6 is 0 Å². The highest BCUT2D eigenvalue weighted by atomic mass is 32.2. The molecule has 0 bridgehead atoms. The third-order valence-corrected chi connectivity index (χ3v) is 5.02. The largest absolute Gasteiger partial charge is 0.305 e. The molecule has 4 nitrogen and oxygen atoms in total. The molecule has 0 saturated carbocycles. The van der Waals surface area contributed by atoms with E-state index < -0.39 is 15.4 Å². The van der Waals surface area contributed by atoms with Gasteiger partial charge in [-0.1, -0.05) is 6.92 Å².